The van der Waals surface area contributed by atoms with Crippen LogP contribution in [0.5, 0.6) is 0 Å². The summed E-state index contributed by atoms with van der Waals surface area (Å²) in [4.78, 5) is 25.1. The lowest BCUT2D eigenvalue weighted by Crippen LogP contribution is -2.00. The summed E-state index contributed by atoms with van der Waals surface area (Å²) < 4.78 is 0. The molecule has 0 aliphatic heterocycles. The normalized spacial score (nSPS) is 11.0. The highest BCUT2D eigenvalue weighted by atomic mass is 15.0. The molecule has 60 heavy (non-hydrogen) atoms. The Bertz CT molecular complexity index is 2930. The van der Waals surface area contributed by atoms with Gasteiger partial charge in [0.2, 0.25) is 0 Å². The van der Waals surface area contributed by atoms with E-state index in [1.807, 2.05) is 78.9 Å². The molecule has 0 aliphatic carbocycles. The smallest absolute Gasteiger partial charge is 0.164 e. The van der Waals surface area contributed by atoms with Crippen molar-refractivity contribution in [2.75, 3.05) is 0 Å². The second kappa shape index (κ2) is 16.4. The van der Waals surface area contributed by atoms with Crippen LogP contribution in [0.1, 0.15) is 0 Å². The van der Waals surface area contributed by atoms with E-state index in [2.05, 4.69) is 146 Å². The standard InChI is InChI=1S/C55H37N5/c1-6-17-38(18-7-1)47-34-48(39-19-8-2-9-20-39)36-49(35-47)51-37-50(56-52(57-51)42-21-10-3-11-22-42)41-31-29-40(30-32-41)45-27-16-28-46(33-45)55-59-53(43-23-12-4-13-24-43)58-54(60-55)44-25-14-5-15-26-44/h1-37H. The highest BCUT2D eigenvalue weighted by Gasteiger charge is 2.16. The molecule has 10 aromatic rings. The Morgan fingerprint density at radius 2 is 0.467 bits per heavy atom. The van der Waals surface area contributed by atoms with Gasteiger partial charge in [0.1, 0.15) is 0 Å². The topological polar surface area (TPSA) is 64.5 Å². The highest BCUT2D eigenvalue weighted by Crippen LogP contribution is 2.35. The third-order valence-corrected chi connectivity index (χ3v) is 10.5. The molecule has 5 nitrogen and oxygen atoms in total. The molecule has 0 saturated heterocycles. The fourth-order valence-corrected chi connectivity index (χ4v) is 7.44. The Balaban J connectivity index is 1.04. The van der Waals surface area contributed by atoms with Crippen molar-refractivity contribution < 1.29 is 0 Å². The minimum Gasteiger partial charge on any atom is -0.228 e. The molecule has 0 unspecified atom stereocenters. The summed E-state index contributed by atoms with van der Waals surface area (Å²) in [6.07, 6.45) is 0. The molecule has 282 valence electrons. The predicted octanol–water partition coefficient (Wildman–Crippen LogP) is 13.7. The summed E-state index contributed by atoms with van der Waals surface area (Å²) in [6.45, 7) is 0. The average Bonchev–Trinajstić information content (AvgIpc) is 3.35. The van der Waals surface area contributed by atoms with Gasteiger partial charge in [0.05, 0.1) is 11.4 Å². The molecule has 0 fully saturated rings. The lowest BCUT2D eigenvalue weighted by molar-refractivity contribution is 1.07. The van der Waals surface area contributed by atoms with Crippen LogP contribution < -0.4 is 0 Å². The van der Waals surface area contributed by atoms with Crippen molar-refractivity contribution in [3.05, 3.63) is 224 Å². The zero-order chi connectivity index (χ0) is 40.1. The predicted molar refractivity (Wildman–Crippen MR) is 244 cm³/mol. The molecular weight excluding hydrogens is 731 g/mol. The van der Waals surface area contributed by atoms with Gasteiger partial charge in [-0.2, -0.15) is 0 Å². The van der Waals surface area contributed by atoms with Crippen molar-refractivity contribution in [1.82, 2.24) is 24.9 Å². The second-order valence-electron chi connectivity index (χ2n) is 14.6. The van der Waals surface area contributed by atoms with Crippen molar-refractivity contribution in [1.29, 1.82) is 0 Å². The monoisotopic (exact) mass is 767 g/mol. The Morgan fingerprint density at radius 1 is 0.167 bits per heavy atom. The number of nitrogens with zero attached hydrogens (tertiary/aromatic N) is 5. The lowest BCUT2D eigenvalue weighted by Gasteiger charge is -2.13. The maximum Gasteiger partial charge on any atom is 0.164 e. The zero-order valence-corrected chi connectivity index (χ0v) is 32.6. The number of rotatable bonds is 9. The van der Waals surface area contributed by atoms with Gasteiger partial charge in [-0.25, -0.2) is 24.9 Å². The van der Waals surface area contributed by atoms with Crippen LogP contribution in [-0.2, 0) is 0 Å². The summed E-state index contributed by atoms with van der Waals surface area (Å²) in [5.41, 5.74) is 14.2. The van der Waals surface area contributed by atoms with Gasteiger partial charge in [0, 0.05) is 33.4 Å². The Hall–Kier alpha value is -8.15. The van der Waals surface area contributed by atoms with E-state index in [1.165, 1.54) is 0 Å². The molecule has 0 N–H and O–H groups in total. The maximum absolute atomic E-state index is 5.20. The van der Waals surface area contributed by atoms with Gasteiger partial charge in [-0.15, -0.1) is 0 Å². The van der Waals surface area contributed by atoms with E-state index in [4.69, 9.17) is 24.9 Å². The summed E-state index contributed by atoms with van der Waals surface area (Å²) in [6, 6.07) is 77.1. The minimum absolute atomic E-state index is 0.620. The number of hydrogen-bond acceptors (Lipinski definition) is 5. The van der Waals surface area contributed by atoms with Crippen molar-refractivity contribution in [3.8, 4) is 101 Å². The molecule has 8 aromatic carbocycles. The molecule has 0 aliphatic rings. The molecule has 10 rings (SSSR count). The van der Waals surface area contributed by atoms with E-state index in [0.29, 0.717) is 23.3 Å². The fraction of sp³-hybridized carbons (Fsp3) is 0. The Labute approximate surface area is 349 Å². The van der Waals surface area contributed by atoms with E-state index in [-0.39, 0.29) is 0 Å². The third-order valence-electron chi connectivity index (χ3n) is 10.5. The first-order valence-corrected chi connectivity index (χ1v) is 20.0. The van der Waals surface area contributed by atoms with Crippen LogP contribution in [-0.4, -0.2) is 24.9 Å². The summed E-state index contributed by atoms with van der Waals surface area (Å²) in [5.74, 6) is 2.57. The van der Waals surface area contributed by atoms with E-state index in [1.54, 1.807) is 0 Å². The van der Waals surface area contributed by atoms with Crippen molar-refractivity contribution in [3.63, 3.8) is 0 Å². The molecule has 0 bridgehead atoms. The maximum atomic E-state index is 5.20. The second-order valence-corrected chi connectivity index (χ2v) is 14.6. The minimum atomic E-state index is 0.620. The Morgan fingerprint density at radius 3 is 0.933 bits per heavy atom. The molecular formula is C55H37N5. The van der Waals surface area contributed by atoms with Gasteiger partial charge in [-0.05, 0) is 63.7 Å². The zero-order valence-electron chi connectivity index (χ0n) is 32.6. The fourth-order valence-electron chi connectivity index (χ4n) is 7.44. The van der Waals surface area contributed by atoms with Crippen LogP contribution in [0.4, 0.5) is 0 Å². The first-order valence-electron chi connectivity index (χ1n) is 20.0. The lowest BCUT2D eigenvalue weighted by atomic mass is 9.94. The van der Waals surface area contributed by atoms with Gasteiger partial charge in [0.25, 0.3) is 0 Å². The molecule has 2 aromatic heterocycles. The van der Waals surface area contributed by atoms with Crippen LogP contribution in [0.25, 0.3) is 101 Å². The summed E-state index contributed by atoms with van der Waals surface area (Å²) in [5, 5.41) is 0. The average molecular weight is 768 g/mol. The van der Waals surface area contributed by atoms with Crippen LogP contribution >= 0.6 is 0 Å². The highest BCUT2D eigenvalue weighted by molar-refractivity contribution is 5.82. The van der Waals surface area contributed by atoms with Crippen LogP contribution in [0.3, 0.4) is 0 Å². The Kier molecular flexibility index (Phi) is 9.88. The number of aromatic nitrogens is 5. The third kappa shape index (κ3) is 7.76. The first-order chi connectivity index (χ1) is 29.7. The van der Waals surface area contributed by atoms with E-state index in [0.717, 1.165) is 78.1 Å². The molecule has 0 amide bonds. The van der Waals surface area contributed by atoms with Crippen LogP contribution in [0.2, 0.25) is 0 Å². The van der Waals surface area contributed by atoms with Gasteiger partial charge in [0.15, 0.2) is 23.3 Å². The van der Waals surface area contributed by atoms with E-state index < -0.39 is 0 Å². The molecule has 0 radical (unpaired) electrons. The van der Waals surface area contributed by atoms with Gasteiger partial charge >= 0.3 is 0 Å². The largest absolute Gasteiger partial charge is 0.228 e. The van der Waals surface area contributed by atoms with Crippen molar-refractivity contribution in [2.45, 2.75) is 0 Å². The SMILES string of the molecule is c1ccc(-c2cc(-c3ccccc3)cc(-c3cc(-c4ccc(-c5cccc(-c6nc(-c7ccccc7)nc(-c7ccccc7)n6)c5)cc4)nc(-c4ccccc4)n3)c2)cc1. The first kappa shape index (κ1) is 36.2. The molecule has 0 atom stereocenters. The number of hydrogen-bond donors (Lipinski definition) is 0. The molecule has 5 heteroatoms. The van der Waals surface area contributed by atoms with Gasteiger partial charge in [-0.3, -0.25) is 0 Å². The summed E-state index contributed by atoms with van der Waals surface area (Å²) >= 11 is 0. The molecule has 0 saturated carbocycles. The van der Waals surface area contributed by atoms with Gasteiger partial charge in [-0.1, -0.05) is 194 Å². The molecule has 0 spiro atoms. The van der Waals surface area contributed by atoms with Crippen molar-refractivity contribution >= 4 is 0 Å². The quantitative estimate of drug-likeness (QED) is 0.146. The van der Waals surface area contributed by atoms with E-state index in [9.17, 15) is 0 Å². The summed E-state index contributed by atoms with van der Waals surface area (Å²) in [7, 11) is 0. The van der Waals surface area contributed by atoms with Crippen LogP contribution in [0, 0.1) is 0 Å². The van der Waals surface area contributed by atoms with Crippen molar-refractivity contribution in [2.24, 2.45) is 0 Å². The number of benzene rings is 8. The van der Waals surface area contributed by atoms with Gasteiger partial charge < -0.3 is 0 Å². The van der Waals surface area contributed by atoms with E-state index >= 15 is 0 Å². The molecule has 2 heterocycles. The van der Waals surface area contributed by atoms with Crippen LogP contribution in [0.15, 0.2) is 224 Å².